The van der Waals surface area contributed by atoms with E-state index in [9.17, 15) is 9.59 Å². The third kappa shape index (κ3) is 18.9. The number of unbranched alkanes of at least 4 members (excludes halogenated alkanes) is 11. The average molecular weight is 355 g/mol. The van der Waals surface area contributed by atoms with Crippen molar-refractivity contribution < 1.29 is 19.1 Å². The second kappa shape index (κ2) is 19.0. The molecule has 0 rings (SSSR count). The zero-order chi connectivity index (χ0) is 18.6. The van der Waals surface area contributed by atoms with Crippen LogP contribution in [-0.4, -0.2) is 26.2 Å². The van der Waals surface area contributed by atoms with Crippen molar-refractivity contribution in [2.45, 2.75) is 96.3 Å². The molecule has 146 valence electrons. The van der Waals surface area contributed by atoms with E-state index in [1.807, 2.05) is 0 Å². The van der Waals surface area contributed by atoms with Crippen molar-refractivity contribution in [2.75, 3.05) is 14.2 Å². The second-order valence-electron chi connectivity index (χ2n) is 6.59. The van der Waals surface area contributed by atoms with Gasteiger partial charge in [0.2, 0.25) is 0 Å². The molecule has 0 aliphatic rings. The number of carbonyl (C=O) groups is 2. The minimum Gasteiger partial charge on any atom is -0.469 e. The summed E-state index contributed by atoms with van der Waals surface area (Å²) in [6.07, 6.45) is 21.0. The van der Waals surface area contributed by atoms with Crippen molar-refractivity contribution in [3.63, 3.8) is 0 Å². The van der Waals surface area contributed by atoms with E-state index in [0.29, 0.717) is 12.8 Å². The standard InChI is InChI=1S/C21H38O4/c1-24-20(22)18-16-14-12-10-8-6-4-3-5-7-9-11-13-15-17-19-21(23)25-2/h3-4H,5-19H2,1-2H3/b4-3-. The molecule has 0 fully saturated rings. The monoisotopic (exact) mass is 354 g/mol. The van der Waals surface area contributed by atoms with E-state index < -0.39 is 0 Å². The summed E-state index contributed by atoms with van der Waals surface area (Å²) < 4.78 is 9.25. The SMILES string of the molecule is COC(=O)CCCCCCC/C=C\CCCCCCCCC(=O)OC. The van der Waals surface area contributed by atoms with Crippen LogP contribution in [0.25, 0.3) is 0 Å². The van der Waals surface area contributed by atoms with Crippen LogP contribution in [0, 0.1) is 0 Å². The maximum Gasteiger partial charge on any atom is 0.305 e. The molecule has 0 aromatic rings. The first kappa shape index (κ1) is 23.7. The predicted molar refractivity (Wildman–Crippen MR) is 102 cm³/mol. The molecule has 0 unspecified atom stereocenters. The number of allylic oxidation sites excluding steroid dienone is 2. The zero-order valence-electron chi connectivity index (χ0n) is 16.4. The molecule has 0 bridgehead atoms. The Morgan fingerprint density at radius 1 is 0.560 bits per heavy atom. The van der Waals surface area contributed by atoms with Crippen LogP contribution in [0.2, 0.25) is 0 Å². The van der Waals surface area contributed by atoms with Gasteiger partial charge in [-0.05, 0) is 38.5 Å². The van der Waals surface area contributed by atoms with Gasteiger partial charge in [0.25, 0.3) is 0 Å². The lowest BCUT2D eigenvalue weighted by molar-refractivity contribution is -0.141. The molecular formula is C21H38O4. The van der Waals surface area contributed by atoms with E-state index in [1.54, 1.807) is 0 Å². The Morgan fingerprint density at radius 2 is 0.880 bits per heavy atom. The highest BCUT2D eigenvalue weighted by Crippen LogP contribution is 2.11. The molecule has 0 saturated carbocycles. The summed E-state index contributed by atoms with van der Waals surface area (Å²) >= 11 is 0. The van der Waals surface area contributed by atoms with Crippen molar-refractivity contribution >= 4 is 11.9 Å². The molecule has 0 aromatic heterocycles. The molecule has 4 heteroatoms. The minimum atomic E-state index is -0.0934. The lowest BCUT2D eigenvalue weighted by Crippen LogP contribution is -1.99. The summed E-state index contributed by atoms with van der Waals surface area (Å²) in [6, 6.07) is 0. The first-order chi connectivity index (χ1) is 12.2. The van der Waals surface area contributed by atoms with Crippen LogP contribution in [-0.2, 0) is 19.1 Å². The Morgan fingerprint density at radius 3 is 1.24 bits per heavy atom. The molecule has 0 N–H and O–H groups in total. The fourth-order valence-electron chi connectivity index (χ4n) is 2.74. The lowest BCUT2D eigenvalue weighted by Gasteiger charge is -2.01. The molecule has 0 amide bonds. The molecule has 4 nitrogen and oxygen atoms in total. The van der Waals surface area contributed by atoms with Gasteiger partial charge in [0.05, 0.1) is 14.2 Å². The van der Waals surface area contributed by atoms with Gasteiger partial charge < -0.3 is 9.47 Å². The van der Waals surface area contributed by atoms with Crippen LogP contribution in [0.15, 0.2) is 12.2 Å². The first-order valence-electron chi connectivity index (χ1n) is 9.99. The van der Waals surface area contributed by atoms with Crippen LogP contribution in [0.3, 0.4) is 0 Å². The van der Waals surface area contributed by atoms with Crippen LogP contribution >= 0.6 is 0 Å². The van der Waals surface area contributed by atoms with Gasteiger partial charge >= 0.3 is 11.9 Å². The van der Waals surface area contributed by atoms with Gasteiger partial charge in [-0.15, -0.1) is 0 Å². The second-order valence-corrected chi connectivity index (χ2v) is 6.59. The van der Waals surface area contributed by atoms with Crippen molar-refractivity contribution in [2.24, 2.45) is 0 Å². The van der Waals surface area contributed by atoms with E-state index in [0.717, 1.165) is 25.7 Å². The summed E-state index contributed by atoms with van der Waals surface area (Å²) in [6.45, 7) is 0. The average Bonchev–Trinajstić information content (AvgIpc) is 2.63. The summed E-state index contributed by atoms with van der Waals surface area (Å²) in [5, 5.41) is 0. The molecular weight excluding hydrogens is 316 g/mol. The molecule has 0 aromatic carbocycles. The quantitative estimate of drug-likeness (QED) is 0.190. The summed E-state index contributed by atoms with van der Waals surface area (Å²) in [5.41, 5.74) is 0. The van der Waals surface area contributed by atoms with Gasteiger partial charge in [0.1, 0.15) is 0 Å². The minimum absolute atomic E-state index is 0.0914. The van der Waals surface area contributed by atoms with Crippen LogP contribution in [0.1, 0.15) is 96.3 Å². The highest BCUT2D eigenvalue weighted by Gasteiger charge is 1.99. The normalized spacial score (nSPS) is 11.0. The largest absolute Gasteiger partial charge is 0.469 e. The van der Waals surface area contributed by atoms with Crippen LogP contribution in [0.4, 0.5) is 0 Å². The maximum atomic E-state index is 10.9. The first-order valence-corrected chi connectivity index (χ1v) is 9.99. The van der Waals surface area contributed by atoms with Gasteiger partial charge in [0.15, 0.2) is 0 Å². The summed E-state index contributed by atoms with van der Waals surface area (Å²) in [7, 11) is 2.89. The van der Waals surface area contributed by atoms with Gasteiger partial charge in [-0.25, -0.2) is 0 Å². The molecule has 0 aliphatic carbocycles. The third-order valence-electron chi connectivity index (χ3n) is 4.38. The number of rotatable bonds is 17. The highest BCUT2D eigenvalue weighted by atomic mass is 16.5. The van der Waals surface area contributed by atoms with Gasteiger partial charge in [-0.2, -0.15) is 0 Å². The van der Waals surface area contributed by atoms with Gasteiger partial charge in [-0.1, -0.05) is 57.1 Å². The number of carbonyl (C=O) groups excluding carboxylic acids is 2. The summed E-state index contributed by atoms with van der Waals surface area (Å²) in [4.78, 5) is 21.9. The van der Waals surface area contributed by atoms with Gasteiger partial charge in [-0.3, -0.25) is 9.59 Å². The Kier molecular flexibility index (Phi) is 18.0. The number of methoxy groups -OCH3 is 2. The zero-order valence-corrected chi connectivity index (χ0v) is 16.4. The number of hydrogen-bond acceptors (Lipinski definition) is 4. The number of hydrogen-bond donors (Lipinski definition) is 0. The Balaban J connectivity index is 3.16. The van der Waals surface area contributed by atoms with Crippen LogP contribution < -0.4 is 0 Å². The lowest BCUT2D eigenvalue weighted by atomic mass is 10.1. The van der Waals surface area contributed by atoms with Crippen molar-refractivity contribution in [1.82, 2.24) is 0 Å². The molecule has 0 aliphatic heterocycles. The van der Waals surface area contributed by atoms with E-state index in [1.165, 1.54) is 72.0 Å². The number of ether oxygens (including phenoxy) is 2. The van der Waals surface area contributed by atoms with Crippen molar-refractivity contribution in [1.29, 1.82) is 0 Å². The Bertz CT molecular complexity index is 350. The van der Waals surface area contributed by atoms with E-state index in [-0.39, 0.29) is 11.9 Å². The fraction of sp³-hybridized carbons (Fsp3) is 0.810. The fourth-order valence-corrected chi connectivity index (χ4v) is 2.74. The van der Waals surface area contributed by atoms with E-state index >= 15 is 0 Å². The predicted octanol–water partition coefficient (Wildman–Crippen LogP) is 5.74. The van der Waals surface area contributed by atoms with Crippen LogP contribution in [0.5, 0.6) is 0 Å². The van der Waals surface area contributed by atoms with Crippen molar-refractivity contribution in [3.8, 4) is 0 Å². The van der Waals surface area contributed by atoms with Gasteiger partial charge in [0, 0.05) is 12.8 Å². The van der Waals surface area contributed by atoms with E-state index in [4.69, 9.17) is 0 Å². The highest BCUT2D eigenvalue weighted by molar-refractivity contribution is 5.69. The smallest absolute Gasteiger partial charge is 0.305 e. The maximum absolute atomic E-state index is 10.9. The number of esters is 2. The molecule has 0 radical (unpaired) electrons. The molecule has 25 heavy (non-hydrogen) atoms. The van der Waals surface area contributed by atoms with E-state index in [2.05, 4.69) is 21.6 Å². The molecule has 0 saturated heterocycles. The molecule has 0 spiro atoms. The third-order valence-corrected chi connectivity index (χ3v) is 4.38. The summed E-state index contributed by atoms with van der Waals surface area (Å²) in [5.74, 6) is -0.185. The molecule has 0 atom stereocenters. The molecule has 0 heterocycles. The topological polar surface area (TPSA) is 52.6 Å². The Labute approximate surface area is 154 Å². The van der Waals surface area contributed by atoms with Crippen molar-refractivity contribution in [3.05, 3.63) is 12.2 Å². The Hall–Kier alpha value is -1.32.